The fraction of sp³-hybridized carbons (Fsp3) is 0.500. The Morgan fingerprint density at radius 1 is 1.29 bits per heavy atom. The number of hydrogen-bond donors (Lipinski definition) is 1. The van der Waals surface area contributed by atoms with Crippen molar-refractivity contribution in [1.29, 1.82) is 0 Å². The van der Waals surface area contributed by atoms with Crippen molar-refractivity contribution in [1.82, 2.24) is 4.90 Å². The molecule has 21 heavy (non-hydrogen) atoms. The molecular formula is C16H18ClNO3. The van der Waals surface area contributed by atoms with Gasteiger partial charge in [-0.05, 0) is 36.8 Å². The molecule has 1 amide bonds. The lowest BCUT2D eigenvalue weighted by molar-refractivity contribution is -0.146. The van der Waals surface area contributed by atoms with Gasteiger partial charge in [0.25, 0.3) is 0 Å². The molecule has 112 valence electrons. The van der Waals surface area contributed by atoms with E-state index in [2.05, 4.69) is 0 Å². The Labute approximate surface area is 128 Å². The zero-order valence-corrected chi connectivity index (χ0v) is 12.4. The number of rotatable bonds is 3. The summed E-state index contributed by atoms with van der Waals surface area (Å²) in [6, 6.07) is 7.63. The summed E-state index contributed by atoms with van der Waals surface area (Å²) in [6.45, 7) is 1.02. The molecule has 2 unspecified atom stereocenters. The van der Waals surface area contributed by atoms with E-state index in [9.17, 15) is 9.59 Å². The Morgan fingerprint density at radius 2 is 2.05 bits per heavy atom. The number of carbonyl (C=O) groups excluding carboxylic acids is 1. The van der Waals surface area contributed by atoms with Crippen LogP contribution >= 0.6 is 11.6 Å². The number of benzene rings is 1. The number of halogens is 1. The molecule has 5 heteroatoms. The van der Waals surface area contributed by atoms with E-state index in [-0.39, 0.29) is 17.7 Å². The molecule has 1 saturated carbocycles. The molecule has 1 aromatic rings. The quantitative estimate of drug-likeness (QED) is 0.934. The highest BCUT2D eigenvalue weighted by Crippen LogP contribution is 2.50. The predicted octanol–water partition coefficient (Wildman–Crippen LogP) is 2.77. The van der Waals surface area contributed by atoms with Gasteiger partial charge in [-0.15, -0.1) is 0 Å². The first kappa shape index (κ1) is 14.4. The minimum Gasteiger partial charge on any atom is -0.481 e. The van der Waals surface area contributed by atoms with E-state index in [0.29, 0.717) is 24.5 Å². The number of piperidine rings is 1. The van der Waals surface area contributed by atoms with Crippen molar-refractivity contribution < 1.29 is 14.7 Å². The molecule has 0 radical (unpaired) electrons. The average Bonchev–Trinajstić information content (AvgIpc) is 3.27. The van der Waals surface area contributed by atoms with Crippen molar-refractivity contribution in [3.63, 3.8) is 0 Å². The number of likely N-dealkylation sites (tertiary alicyclic amines) is 1. The summed E-state index contributed by atoms with van der Waals surface area (Å²) in [5.74, 6) is -0.967. The molecule has 0 bridgehead atoms. The van der Waals surface area contributed by atoms with Gasteiger partial charge in [-0.3, -0.25) is 9.59 Å². The van der Waals surface area contributed by atoms with Crippen LogP contribution in [0.1, 0.15) is 30.7 Å². The van der Waals surface area contributed by atoms with Crippen LogP contribution in [-0.2, 0) is 9.59 Å². The van der Waals surface area contributed by atoms with Crippen LogP contribution in [0.4, 0.5) is 0 Å². The molecule has 1 heterocycles. The Bertz CT molecular complexity index is 574. The molecule has 2 fully saturated rings. The fourth-order valence-electron chi connectivity index (χ4n) is 3.20. The first-order valence-electron chi connectivity index (χ1n) is 7.34. The minimum absolute atomic E-state index is 0.0301. The summed E-state index contributed by atoms with van der Waals surface area (Å²) in [6.07, 6.45) is 2.25. The molecule has 1 aliphatic carbocycles. The second-order valence-corrected chi connectivity index (χ2v) is 6.34. The third kappa shape index (κ3) is 2.91. The van der Waals surface area contributed by atoms with Gasteiger partial charge < -0.3 is 10.0 Å². The molecule has 3 rings (SSSR count). The van der Waals surface area contributed by atoms with E-state index < -0.39 is 11.9 Å². The third-order valence-electron chi connectivity index (χ3n) is 4.49. The number of nitrogens with zero attached hydrogens (tertiary/aromatic N) is 1. The van der Waals surface area contributed by atoms with Crippen LogP contribution in [0.25, 0.3) is 0 Å². The first-order valence-corrected chi connectivity index (χ1v) is 7.71. The van der Waals surface area contributed by atoms with E-state index in [1.807, 2.05) is 24.3 Å². The van der Waals surface area contributed by atoms with Crippen LogP contribution in [0.5, 0.6) is 0 Å². The molecule has 1 saturated heterocycles. The number of hydrogen-bond acceptors (Lipinski definition) is 2. The highest BCUT2D eigenvalue weighted by Gasteiger charge is 2.47. The number of carbonyl (C=O) groups is 2. The van der Waals surface area contributed by atoms with E-state index in [1.165, 1.54) is 0 Å². The molecule has 0 spiro atoms. The molecule has 2 aliphatic rings. The van der Waals surface area contributed by atoms with Crippen LogP contribution < -0.4 is 0 Å². The molecule has 1 N–H and O–H groups in total. The predicted molar refractivity (Wildman–Crippen MR) is 79.2 cm³/mol. The number of aliphatic carboxylic acids is 1. The van der Waals surface area contributed by atoms with Gasteiger partial charge in [-0.25, -0.2) is 0 Å². The van der Waals surface area contributed by atoms with Crippen LogP contribution in [0.3, 0.4) is 0 Å². The standard InChI is InChI=1S/C16H18ClNO3/c17-14-6-2-1-5-11(14)12-8-13(12)15(19)18-7-3-4-10(9-18)16(20)21/h1-2,5-6,10,12-13H,3-4,7-9H2,(H,20,21)/t10-,12?,13?/m0/s1. The SMILES string of the molecule is O=C(O)[C@H]1CCCN(C(=O)C2CC2c2ccccc2Cl)C1. The van der Waals surface area contributed by atoms with Crippen LogP contribution in [0, 0.1) is 11.8 Å². The molecule has 1 aromatic carbocycles. The van der Waals surface area contributed by atoms with Crippen LogP contribution in [0.15, 0.2) is 24.3 Å². The second kappa shape index (κ2) is 5.68. The van der Waals surface area contributed by atoms with Crippen LogP contribution in [-0.4, -0.2) is 35.0 Å². The maximum atomic E-state index is 12.5. The monoisotopic (exact) mass is 307 g/mol. The summed E-state index contributed by atoms with van der Waals surface area (Å²) in [5, 5.41) is 9.81. The lowest BCUT2D eigenvalue weighted by atomic mass is 9.97. The number of amides is 1. The Kier molecular flexibility index (Phi) is 3.89. The fourth-order valence-corrected chi connectivity index (χ4v) is 3.48. The van der Waals surface area contributed by atoms with Gasteiger partial charge in [0.05, 0.1) is 5.92 Å². The van der Waals surface area contributed by atoms with Crippen molar-refractivity contribution >= 4 is 23.5 Å². The highest BCUT2D eigenvalue weighted by molar-refractivity contribution is 6.31. The van der Waals surface area contributed by atoms with Crippen molar-refractivity contribution in [3.05, 3.63) is 34.9 Å². The zero-order chi connectivity index (χ0) is 15.0. The molecule has 1 aliphatic heterocycles. The lowest BCUT2D eigenvalue weighted by Crippen LogP contribution is -2.43. The number of carboxylic acid groups (broad SMARTS) is 1. The summed E-state index contributed by atoms with van der Waals surface area (Å²) < 4.78 is 0. The Balaban J connectivity index is 1.65. The maximum Gasteiger partial charge on any atom is 0.308 e. The van der Waals surface area contributed by atoms with E-state index >= 15 is 0 Å². The first-order chi connectivity index (χ1) is 10.1. The second-order valence-electron chi connectivity index (χ2n) is 5.93. The van der Waals surface area contributed by atoms with Gasteiger partial charge in [0.2, 0.25) is 5.91 Å². The largest absolute Gasteiger partial charge is 0.481 e. The van der Waals surface area contributed by atoms with Crippen molar-refractivity contribution in [2.75, 3.05) is 13.1 Å². The van der Waals surface area contributed by atoms with Gasteiger partial charge in [0, 0.05) is 24.0 Å². The van der Waals surface area contributed by atoms with Crippen molar-refractivity contribution in [2.24, 2.45) is 11.8 Å². The lowest BCUT2D eigenvalue weighted by Gasteiger charge is -2.31. The smallest absolute Gasteiger partial charge is 0.308 e. The van der Waals surface area contributed by atoms with Gasteiger partial charge in [-0.2, -0.15) is 0 Å². The van der Waals surface area contributed by atoms with Gasteiger partial charge in [-0.1, -0.05) is 29.8 Å². The van der Waals surface area contributed by atoms with Gasteiger partial charge in [0.1, 0.15) is 0 Å². The van der Waals surface area contributed by atoms with E-state index in [0.717, 1.165) is 18.4 Å². The number of carboxylic acids is 1. The minimum atomic E-state index is -0.800. The van der Waals surface area contributed by atoms with E-state index in [4.69, 9.17) is 16.7 Å². The summed E-state index contributed by atoms with van der Waals surface area (Å²) >= 11 is 6.18. The molecule has 4 nitrogen and oxygen atoms in total. The van der Waals surface area contributed by atoms with Gasteiger partial charge >= 0.3 is 5.97 Å². The average molecular weight is 308 g/mol. The van der Waals surface area contributed by atoms with Crippen molar-refractivity contribution in [2.45, 2.75) is 25.2 Å². The zero-order valence-electron chi connectivity index (χ0n) is 11.7. The maximum absolute atomic E-state index is 12.5. The van der Waals surface area contributed by atoms with Gasteiger partial charge in [0.15, 0.2) is 0 Å². The molecule has 3 atom stereocenters. The molecule has 0 aromatic heterocycles. The third-order valence-corrected chi connectivity index (χ3v) is 4.84. The summed E-state index contributed by atoms with van der Waals surface area (Å²) in [4.78, 5) is 25.3. The highest BCUT2D eigenvalue weighted by atomic mass is 35.5. The molecular weight excluding hydrogens is 290 g/mol. The summed E-state index contributed by atoms with van der Waals surface area (Å²) in [5.41, 5.74) is 1.03. The van der Waals surface area contributed by atoms with Crippen LogP contribution in [0.2, 0.25) is 5.02 Å². The topological polar surface area (TPSA) is 57.6 Å². The Hall–Kier alpha value is -1.55. The van der Waals surface area contributed by atoms with Crippen molar-refractivity contribution in [3.8, 4) is 0 Å². The van der Waals surface area contributed by atoms with E-state index in [1.54, 1.807) is 4.90 Å². The summed E-state index contributed by atoms with van der Waals surface area (Å²) in [7, 11) is 0. The Morgan fingerprint density at radius 3 is 2.76 bits per heavy atom. The normalized spacial score (nSPS) is 28.2.